The smallest absolute Gasteiger partial charge is 0.247 e. The summed E-state index contributed by atoms with van der Waals surface area (Å²) in [5.74, 6) is 0. The highest BCUT2D eigenvalue weighted by atomic mass is 28.4. The van der Waals surface area contributed by atoms with Gasteiger partial charge in [-0.05, 0) is 18.1 Å². The van der Waals surface area contributed by atoms with Crippen LogP contribution >= 0.6 is 0 Å². The van der Waals surface area contributed by atoms with Crippen LogP contribution in [0.25, 0.3) is 0 Å². The summed E-state index contributed by atoms with van der Waals surface area (Å²) in [7, 11) is -2.14. The van der Waals surface area contributed by atoms with Gasteiger partial charge in [-0.2, -0.15) is 0 Å². The number of rotatable bonds is 2. The van der Waals surface area contributed by atoms with Crippen LogP contribution in [0.1, 0.15) is 32.6 Å². The first-order valence-electron chi connectivity index (χ1n) is 4.46. The number of hydrogen-bond acceptors (Lipinski definition) is 0. The maximum Gasteiger partial charge on any atom is 0.247 e. The van der Waals surface area contributed by atoms with Crippen molar-refractivity contribution in [1.82, 2.24) is 0 Å². The fourth-order valence-corrected chi connectivity index (χ4v) is 5.30. The van der Waals surface area contributed by atoms with Gasteiger partial charge in [-0.15, -0.1) is 0 Å². The molecule has 0 nitrogen and oxygen atoms in total. The Hall–Kier alpha value is 0.147. The van der Waals surface area contributed by atoms with Crippen LogP contribution in [0.2, 0.25) is 18.1 Å². The fourth-order valence-electron chi connectivity index (χ4n) is 1.88. The van der Waals surface area contributed by atoms with Crippen LogP contribution < -0.4 is 0 Å². The second-order valence-electron chi connectivity index (χ2n) is 3.46. The molecule has 1 aliphatic rings. The van der Waals surface area contributed by atoms with Gasteiger partial charge >= 0.3 is 0 Å². The lowest BCUT2D eigenvalue weighted by molar-refractivity contribution is 0.621. The van der Waals surface area contributed by atoms with E-state index in [9.17, 15) is 4.11 Å². The van der Waals surface area contributed by atoms with Gasteiger partial charge in [-0.25, -0.2) is 0 Å². The van der Waals surface area contributed by atoms with E-state index in [2.05, 4.69) is 6.92 Å². The minimum absolute atomic E-state index is 0.924. The van der Waals surface area contributed by atoms with E-state index in [1.54, 1.807) is 0 Å². The van der Waals surface area contributed by atoms with Gasteiger partial charge in [-0.1, -0.05) is 32.6 Å². The van der Waals surface area contributed by atoms with Gasteiger partial charge in [0.25, 0.3) is 0 Å². The molecule has 0 unspecified atom stereocenters. The average Bonchev–Trinajstić information content (AvgIpc) is 1.89. The molecule has 0 amide bonds. The van der Waals surface area contributed by atoms with Crippen LogP contribution in [0, 0.1) is 0 Å². The lowest BCUT2D eigenvalue weighted by Gasteiger charge is -2.25. The Morgan fingerprint density at radius 1 is 1.20 bits per heavy atom. The molecule has 2 heteroatoms. The highest BCUT2D eigenvalue weighted by Gasteiger charge is 2.34. The van der Waals surface area contributed by atoms with Gasteiger partial charge in [0.15, 0.2) is 0 Å². The molecule has 1 aliphatic heterocycles. The van der Waals surface area contributed by atoms with Gasteiger partial charge < -0.3 is 4.11 Å². The largest absolute Gasteiger partial charge is 0.314 e. The van der Waals surface area contributed by atoms with E-state index in [1.807, 2.05) is 0 Å². The van der Waals surface area contributed by atoms with Crippen molar-refractivity contribution in [3.63, 3.8) is 0 Å². The average molecular weight is 160 g/mol. The first-order valence-corrected chi connectivity index (χ1v) is 6.96. The Morgan fingerprint density at radius 2 is 1.80 bits per heavy atom. The van der Waals surface area contributed by atoms with Crippen LogP contribution in [0.3, 0.4) is 0 Å². The molecule has 0 N–H and O–H groups in total. The summed E-state index contributed by atoms with van der Waals surface area (Å²) in [6.45, 7) is 2.10. The molecule has 0 aliphatic carbocycles. The zero-order valence-electron chi connectivity index (χ0n) is 6.83. The number of halogens is 1. The molecule has 0 aromatic carbocycles. The molecule has 0 radical (unpaired) electrons. The topological polar surface area (TPSA) is 0 Å². The maximum absolute atomic E-state index is 13.7. The van der Waals surface area contributed by atoms with Crippen LogP contribution in [0.4, 0.5) is 4.11 Å². The second-order valence-corrected chi connectivity index (χ2v) is 7.26. The predicted molar refractivity (Wildman–Crippen MR) is 45.4 cm³/mol. The molecule has 0 bridgehead atoms. The minimum atomic E-state index is -2.14. The van der Waals surface area contributed by atoms with E-state index < -0.39 is 8.41 Å². The Labute approximate surface area is 64.0 Å². The molecule has 0 spiro atoms. The lowest BCUT2D eigenvalue weighted by atomic mass is 10.3. The minimum Gasteiger partial charge on any atom is -0.314 e. The van der Waals surface area contributed by atoms with Gasteiger partial charge in [0.05, 0.1) is 0 Å². The van der Waals surface area contributed by atoms with Crippen molar-refractivity contribution < 1.29 is 4.11 Å². The molecular weight excluding hydrogens is 143 g/mol. The van der Waals surface area contributed by atoms with Crippen molar-refractivity contribution in [2.45, 2.75) is 50.7 Å². The molecular formula is C8H17FSi. The standard InChI is InChI=1S/C8H17FSi/c1-2-6-10(9)7-4-3-5-8-10/h2-8H2,1H3. The molecule has 0 aromatic rings. The highest BCUT2D eigenvalue weighted by molar-refractivity contribution is 6.73. The van der Waals surface area contributed by atoms with Crippen molar-refractivity contribution in [3.8, 4) is 0 Å². The van der Waals surface area contributed by atoms with Gasteiger partial charge in [0.1, 0.15) is 0 Å². The van der Waals surface area contributed by atoms with Crippen LogP contribution in [0.5, 0.6) is 0 Å². The van der Waals surface area contributed by atoms with Crippen molar-refractivity contribution in [1.29, 1.82) is 0 Å². The Bertz CT molecular complexity index is 91.9. The molecule has 1 fully saturated rings. The van der Waals surface area contributed by atoms with Crippen molar-refractivity contribution >= 4 is 8.41 Å². The summed E-state index contributed by atoms with van der Waals surface area (Å²) in [6.07, 6.45) is 4.68. The third kappa shape index (κ3) is 2.08. The van der Waals surface area contributed by atoms with E-state index in [0.717, 1.165) is 24.6 Å². The molecule has 0 atom stereocenters. The quantitative estimate of drug-likeness (QED) is 0.428. The van der Waals surface area contributed by atoms with E-state index in [4.69, 9.17) is 0 Å². The molecule has 60 valence electrons. The van der Waals surface area contributed by atoms with Gasteiger partial charge in [-0.3, -0.25) is 0 Å². The second kappa shape index (κ2) is 3.51. The molecule has 0 aromatic heterocycles. The molecule has 1 rings (SSSR count). The number of hydrogen-bond donors (Lipinski definition) is 0. The Balaban J connectivity index is 2.32. The normalized spacial score (nSPS) is 24.6. The summed E-state index contributed by atoms with van der Waals surface area (Å²) >= 11 is 0. The van der Waals surface area contributed by atoms with Gasteiger partial charge in [0.2, 0.25) is 8.41 Å². The summed E-state index contributed by atoms with van der Waals surface area (Å²) in [5.41, 5.74) is 0. The van der Waals surface area contributed by atoms with E-state index in [-0.39, 0.29) is 0 Å². The van der Waals surface area contributed by atoms with Crippen molar-refractivity contribution in [3.05, 3.63) is 0 Å². The Kier molecular flexibility index (Phi) is 2.90. The summed E-state index contributed by atoms with van der Waals surface area (Å²) < 4.78 is 13.7. The third-order valence-corrected chi connectivity index (χ3v) is 6.34. The fraction of sp³-hybridized carbons (Fsp3) is 1.00. The Morgan fingerprint density at radius 3 is 2.30 bits per heavy atom. The zero-order valence-corrected chi connectivity index (χ0v) is 7.83. The molecule has 1 heterocycles. The van der Waals surface area contributed by atoms with E-state index in [1.165, 1.54) is 19.3 Å². The summed E-state index contributed by atoms with van der Waals surface area (Å²) in [4.78, 5) is 0. The zero-order chi connectivity index (χ0) is 7.45. The predicted octanol–water partition coefficient (Wildman–Crippen LogP) is 3.50. The molecule has 0 saturated carbocycles. The first kappa shape index (κ1) is 8.25. The van der Waals surface area contributed by atoms with E-state index >= 15 is 0 Å². The van der Waals surface area contributed by atoms with E-state index in [0.29, 0.717) is 0 Å². The maximum atomic E-state index is 13.7. The summed E-state index contributed by atoms with van der Waals surface area (Å²) in [6, 6.07) is 2.84. The first-order chi connectivity index (χ1) is 4.77. The van der Waals surface area contributed by atoms with Crippen LogP contribution in [0.15, 0.2) is 0 Å². The molecule has 1 saturated heterocycles. The SMILES string of the molecule is CCC[Si]1(F)CCCCC1. The van der Waals surface area contributed by atoms with Crippen LogP contribution in [-0.2, 0) is 0 Å². The van der Waals surface area contributed by atoms with Crippen molar-refractivity contribution in [2.24, 2.45) is 0 Å². The highest BCUT2D eigenvalue weighted by Crippen LogP contribution is 2.33. The van der Waals surface area contributed by atoms with Crippen LogP contribution in [-0.4, -0.2) is 8.41 Å². The van der Waals surface area contributed by atoms with Crippen molar-refractivity contribution in [2.75, 3.05) is 0 Å². The third-order valence-electron chi connectivity index (χ3n) is 2.45. The molecule has 10 heavy (non-hydrogen) atoms. The lowest BCUT2D eigenvalue weighted by Crippen LogP contribution is -2.30. The summed E-state index contributed by atoms with van der Waals surface area (Å²) in [5, 5.41) is 0. The van der Waals surface area contributed by atoms with Gasteiger partial charge in [0, 0.05) is 0 Å². The monoisotopic (exact) mass is 160 g/mol.